The number of hydrogen-bond donors (Lipinski definition) is 1. The van der Waals surface area contributed by atoms with Crippen LogP contribution in [0, 0.1) is 0 Å². The highest BCUT2D eigenvalue weighted by atomic mass is 16.3. The number of carbonyl (C=O) groups is 1. The summed E-state index contributed by atoms with van der Waals surface area (Å²) in [6.45, 7) is 5.19. The van der Waals surface area contributed by atoms with E-state index >= 15 is 0 Å². The number of carbonyl (C=O) groups excluding carboxylic acids is 1. The summed E-state index contributed by atoms with van der Waals surface area (Å²) in [7, 11) is 0. The lowest BCUT2D eigenvalue weighted by Gasteiger charge is -2.15. The molecule has 0 bridgehead atoms. The highest BCUT2D eigenvalue weighted by molar-refractivity contribution is 6.02. The van der Waals surface area contributed by atoms with E-state index in [2.05, 4.69) is 31.2 Å². The van der Waals surface area contributed by atoms with Gasteiger partial charge in [-0.2, -0.15) is 0 Å². The summed E-state index contributed by atoms with van der Waals surface area (Å²) in [6.07, 6.45) is 2.24. The van der Waals surface area contributed by atoms with Gasteiger partial charge in [0, 0.05) is 5.56 Å². The molecule has 0 atom stereocenters. The molecular weight excluding hydrogens is 260 g/mol. The molecule has 2 aromatic carbocycles. The highest BCUT2D eigenvalue weighted by Crippen LogP contribution is 2.22. The Bertz CT molecular complexity index is 602. The molecule has 0 heterocycles. The van der Waals surface area contributed by atoms with Crippen molar-refractivity contribution in [3.8, 4) is 11.1 Å². The van der Waals surface area contributed by atoms with Crippen LogP contribution in [0.4, 0.5) is 0 Å². The molecule has 0 amide bonds. The van der Waals surface area contributed by atoms with Crippen LogP contribution in [0.15, 0.2) is 48.5 Å². The molecule has 0 fully saturated rings. The Kier molecular flexibility index (Phi) is 4.59. The first-order valence-corrected chi connectivity index (χ1v) is 7.38. The first-order valence-electron chi connectivity index (χ1n) is 7.38. The van der Waals surface area contributed by atoms with Crippen molar-refractivity contribution in [1.82, 2.24) is 0 Å². The van der Waals surface area contributed by atoms with Crippen molar-refractivity contribution < 1.29 is 9.90 Å². The molecule has 110 valence electrons. The summed E-state index contributed by atoms with van der Waals surface area (Å²) in [6, 6.07) is 15.9. The standard InChI is InChI=1S/C19H22O2/c1-4-5-14-6-8-15(9-7-14)16-10-12-17(13-11-16)18(20)19(2,3)21/h6-13,21H,4-5H2,1-3H3. The summed E-state index contributed by atoms with van der Waals surface area (Å²) in [5, 5.41) is 9.76. The van der Waals surface area contributed by atoms with Gasteiger partial charge in [-0.3, -0.25) is 4.79 Å². The molecule has 0 unspecified atom stereocenters. The third-order valence-electron chi connectivity index (χ3n) is 3.53. The molecule has 2 rings (SSSR count). The van der Waals surface area contributed by atoms with E-state index in [4.69, 9.17) is 0 Å². The van der Waals surface area contributed by atoms with Crippen molar-refractivity contribution in [3.63, 3.8) is 0 Å². The van der Waals surface area contributed by atoms with Gasteiger partial charge in [-0.15, -0.1) is 0 Å². The lowest BCUT2D eigenvalue weighted by molar-refractivity contribution is 0.0488. The normalized spacial score (nSPS) is 11.4. The second-order valence-corrected chi connectivity index (χ2v) is 5.91. The minimum Gasteiger partial charge on any atom is -0.382 e. The van der Waals surface area contributed by atoms with Crippen LogP contribution in [0.1, 0.15) is 43.1 Å². The van der Waals surface area contributed by atoms with Crippen molar-refractivity contribution in [2.45, 2.75) is 39.2 Å². The van der Waals surface area contributed by atoms with E-state index in [9.17, 15) is 9.90 Å². The average Bonchev–Trinajstić information content (AvgIpc) is 2.47. The predicted octanol–water partition coefficient (Wildman–Crippen LogP) is 4.26. The third kappa shape index (κ3) is 3.79. The van der Waals surface area contributed by atoms with Crippen LogP contribution in [0.25, 0.3) is 11.1 Å². The quantitative estimate of drug-likeness (QED) is 0.832. The molecular formula is C19H22O2. The lowest BCUT2D eigenvalue weighted by atomic mass is 9.95. The van der Waals surface area contributed by atoms with Gasteiger partial charge in [-0.1, -0.05) is 61.9 Å². The summed E-state index contributed by atoms with van der Waals surface area (Å²) < 4.78 is 0. The second kappa shape index (κ2) is 6.23. The van der Waals surface area contributed by atoms with Crippen molar-refractivity contribution in [1.29, 1.82) is 0 Å². The fraction of sp³-hybridized carbons (Fsp3) is 0.316. The van der Waals surface area contributed by atoms with Crippen LogP contribution < -0.4 is 0 Å². The molecule has 1 N–H and O–H groups in total. The van der Waals surface area contributed by atoms with Crippen molar-refractivity contribution in [2.24, 2.45) is 0 Å². The Morgan fingerprint density at radius 3 is 1.86 bits per heavy atom. The molecule has 0 saturated heterocycles. The SMILES string of the molecule is CCCc1ccc(-c2ccc(C(=O)C(C)(C)O)cc2)cc1. The first kappa shape index (κ1) is 15.5. The van der Waals surface area contributed by atoms with E-state index < -0.39 is 5.60 Å². The van der Waals surface area contributed by atoms with E-state index in [0.717, 1.165) is 24.0 Å². The van der Waals surface area contributed by atoms with E-state index in [1.54, 1.807) is 12.1 Å². The van der Waals surface area contributed by atoms with Crippen LogP contribution in [0.3, 0.4) is 0 Å². The number of aryl methyl sites for hydroxylation is 1. The van der Waals surface area contributed by atoms with E-state index in [1.165, 1.54) is 19.4 Å². The molecule has 0 aliphatic carbocycles. The molecule has 0 saturated carbocycles. The maximum atomic E-state index is 12.0. The number of benzene rings is 2. The fourth-order valence-corrected chi connectivity index (χ4v) is 2.32. The minimum absolute atomic E-state index is 0.257. The topological polar surface area (TPSA) is 37.3 Å². The molecule has 2 heteroatoms. The van der Waals surface area contributed by atoms with Crippen molar-refractivity contribution in [3.05, 3.63) is 59.7 Å². The molecule has 21 heavy (non-hydrogen) atoms. The highest BCUT2D eigenvalue weighted by Gasteiger charge is 2.24. The molecule has 0 aliphatic heterocycles. The van der Waals surface area contributed by atoms with Gasteiger partial charge in [0.05, 0.1) is 0 Å². The van der Waals surface area contributed by atoms with Crippen LogP contribution in [-0.2, 0) is 6.42 Å². The number of ketones is 1. The van der Waals surface area contributed by atoms with Crippen LogP contribution in [-0.4, -0.2) is 16.5 Å². The Morgan fingerprint density at radius 2 is 1.43 bits per heavy atom. The first-order chi connectivity index (χ1) is 9.91. The Hall–Kier alpha value is -1.93. The van der Waals surface area contributed by atoms with Gasteiger partial charge < -0.3 is 5.11 Å². The van der Waals surface area contributed by atoms with Crippen LogP contribution in [0.2, 0.25) is 0 Å². The summed E-state index contributed by atoms with van der Waals surface area (Å²) in [5.41, 5.74) is 2.76. The van der Waals surface area contributed by atoms with Crippen LogP contribution in [0.5, 0.6) is 0 Å². The third-order valence-corrected chi connectivity index (χ3v) is 3.53. The Labute approximate surface area is 126 Å². The smallest absolute Gasteiger partial charge is 0.193 e. The summed E-state index contributed by atoms with van der Waals surface area (Å²) in [5.74, 6) is -0.257. The Balaban J connectivity index is 2.21. The average molecular weight is 282 g/mol. The van der Waals surface area contributed by atoms with Gasteiger partial charge in [0.1, 0.15) is 5.60 Å². The predicted molar refractivity (Wildman–Crippen MR) is 86.5 cm³/mol. The zero-order chi connectivity index (χ0) is 15.5. The number of rotatable bonds is 5. The van der Waals surface area contributed by atoms with Gasteiger partial charge >= 0.3 is 0 Å². The molecule has 2 aromatic rings. The van der Waals surface area contributed by atoms with Gasteiger partial charge in [-0.25, -0.2) is 0 Å². The van der Waals surface area contributed by atoms with E-state index in [1.807, 2.05) is 12.1 Å². The number of hydrogen-bond acceptors (Lipinski definition) is 2. The van der Waals surface area contributed by atoms with Gasteiger partial charge in [0.25, 0.3) is 0 Å². The second-order valence-electron chi connectivity index (χ2n) is 5.91. The molecule has 0 aliphatic rings. The molecule has 2 nitrogen and oxygen atoms in total. The summed E-state index contributed by atoms with van der Waals surface area (Å²) in [4.78, 5) is 12.0. The molecule has 0 aromatic heterocycles. The fourth-order valence-electron chi connectivity index (χ4n) is 2.32. The van der Waals surface area contributed by atoms with Crippen LogP contribution >= 0.6 is 0 Å². The van der Waals surface area contributed by atoms with Gasteiger partial charge in [0.2, 0.25) is 0 Å². The van der Waals surface area contributed by atoms with Gasteiger partial charge in [0.15, 0.2) is 5.78 Å². The number of aliphatic hydroxyl groups is 1. The van der Waals surface area contributed by atoms with E-state index in [0.29, 0.717) is 5.56 Å². The minimum atomic E-state index is -1.33. The maximum absolute atomic E-state index is 12.0. The molecule has 0 spiro atoms. The van der Waals surface area contributed by atoms with Crippen molar-refractivity contribution in [2.75, 3.05) is 0 Å². The maximum Gasteiger partial charge on any atom is 0.193 e. The largest absolute Gasteiger partial charge is 0.382 e. The lowest BCUT2D eigenvalue weighted by Crippen LogP contribution is -2.30. The van der Waals surface area contributed by atoms with Gasteiger partial charge in [-0.05, 0) is 37.0 Å². The zero-order valence-electron chi connectivity index (χ0n) is 12.9. The molecule has 0 radical (unpaired) electrons. The van der Waals surface area contributed by atoms with E-state index in [-0.39, 0.29) is 5.78 Å². The zero-order valence-corrected chi connectivity index (χ0v) is 12.9. The number of Topliss-reactive ketones (excluding diaryl/α,β-unsaturated/α-hetero) is 1. The monoisotopic (exact) mass is 282 g/mol. The Morgan fingerprint density at radius 1 is 0.952 bits per heavy atom. The summed E-state index contributed by atoms with van der Waals surface area (Å²) >= 11 is 0. The van der Waals surface area contributed by atoms with Crippen molar-refractivity contribution >= 4 is 5.78 Å².